The number of amides is 4. The molecule has 2 fully saturated rings. The number of benzene rings is 3. The first kappa shape index (κ1) is 58.9. The molecule has 4 amide bonds. The number of aromatic nitrogens is 2. The number of primary amides is 1. The van der Waals surface area contributed by atoms with Gasteiger partial charge in [0, 0.05) is 49.2 Å². The summed E-state index contributed by atoms with van der Waals surface area (Å²) in [6, 6.07) is 21.3. The quantitative estimate of drug-likeness (QED) is 0.0635. The zero-order chi connectivity index (χ0) is 64.9. The Hall–Kier alpha value is -8.25. The smallest absolute Gasteiger partial charge is 0.410 e. The van der Waals surface area contributed by atoms with E-state index in [1.54, 1.807) is 78.3 Å². The maximum Gasteiger partial charge on any atom is 0.410 e. The molecule has 3 N–H and O–H groups in total. The molecule has 3 aromatic carbocycles. The standard InChI is InChI=1S/C63H80N6O15/c1-59(2,3)54(73)78-38-44-48(81-55(74)60(4,5)6)49(82-56(75)61(7,8)9)50(83-57(76)62(10,11)12)52(80-44)84-51-47-42(23-19-24-43(47)69(66-51)36-45(64)70)31-30-40-28-26-39(27-29-40)22-18-25-46(71)65-63(13,14)53(72)67-32-34-68(35-33-67)58(77)79-37-41-20-16-15-17-21-41/h15-24,26-29,44,48-50,52H,25,32-38H2,1-14H3,(H2,64,70)(H,65,71)/b22-18+/t44-,48-,49+,50-,52?/m1/s1/i1D,4D,7D,10D. The predicted octanol–water partition coefficient (Wildman–Crippen LogP) is 7.27. The fourth-order valence-electron chi connectivity index (χ4n) is 8.34. The highest BCUT2D eigenvalue weighted by atomic mass is 16.7. The van der Waals surface area contributed by atoms with Gasteiger partial charge in [0.05, 0.1) is 32.6 Å². The molecule has 5 atom stereocenters. The molecule has 452 valence electrons. The van der Waals surface area contributed by atoms with E-state index in [-0.39, 0.29) is 69.2 Å². The van der Waals surface area contributed by atoms with Gasteiger partial charge in [-0.25, -0.2) is 4.79 Å². The number of nitrogens with two attached hydrogens (primary N) is 1. The van der Waals surface area contributed by atoms with Crippen molar-refractivity contribution in [3.8, 4) is 17.7 Å². The van der Waals surface area contributed by atoms with Crippen molar-refractivity contribution in [3.05, 3.63) is 101 Å². The number of rotatable bonds is 16. The van der Waals surface area contributed by atoms with Crippen molar-refractivity contribution in [2.45, 2.75) is 153 Å². The molecule has 1 unspecified atom stereocenters. The average molecular weight is 1170 g/mol. The fourth-order valence-corrected chi connectivity index (χ4v) is 8.34. The van der Waals surface area contributed by atoms with Crippen LogP contribution in [0.15, 0.2) is 78.9 Å². The number of nitrogens with one attached hydrogen (secondary N) is 1. The first-order chi connectivity index (χ1) is 41.4. The minimum atomic E-state index is -1.89. The van der Waals surface area contributed by atoms with Crippen molar-refractivity contribution in [2.75, 3.05) is 32.8 Å². The van der Waals surface area contributed by atoms with Crippen LogP contribution in [0.2, 0.25) is 0 Å². The van der Waals surface area contributed by atoms with E-state index < -0.39 is 128 Å². The first-order valence-electron chi connectivity index (χ1n) is 30.1. The van der Waals surface area contributed by atoms with Gasteiger partial charge < -0.3 is 54.0 Å². The number of hydrogen-bond acceptors (Lipinski definition) is 16. The maximum absolute atomic E-state index is 14.1. The monoisotopic (exact) mass is 1160 g/mol. The lowest BCUT2D eigenvalue weighted by molar-refractivity contribution is -0.294. The fraction of sp³-hybridized carbons (Fsp3) is 0.508. The lowest BCUT2D eigenvalue weighted by atomic mass is 9.93. The summed E-state index contributed by atoms with van der Waals surface area (Å²) >= 11 is 0. The number of carbonyl (C=O) groups excluding carboxylic acids is 8. The van der Waals surface area contributed by atoms with Gasteiger partial charge in [-0.3, -0.25) is 38.2 Å². The SMILES string of the molecule is [2H]CC(C)(C)C(=O)OC[C@H]1OC(Oc2nn(CC(N)=O)c3cccc(C#Cc4ccc(/C=C/CC(=O)NC(C)(C)C(=O)N5CCN(C(=O)OCc6ccccc6)CC5)cc4)c23)[C@H](OC(=O)C(C)(C)C[2H])[C@@H](OC(=O)C(C)(C)C[2H])[C@@H]1OC(=O)C(C)(C)C[2H]. The summed E-state index contributed by atoms with van der Waals surface area (Å²) in [6.07, 6.45) is -6.10. The van der Waals surface area contributed by atoms with Crippen LogP contribution in [-0.2, 0) is 75.1 Å². The first-order valence-corrected chi connectivity index (χ1v) is 27.3. The van der Waals surface area contributed by atoms with Gasteiger partial charge in [0.25, 0.3) is 0 Å². The Morgan fingerprint density at radius 3 is 1.86 bits per heavy atom. The summed E-state index contributed by atoms with van der Waals surface area (Å²) in [7, 11) is 0. The summed E-state index contributed by atoms with van der Waals surface area (Å²) in [4.78, 5) is 111. The number of esters is 4. The van der Waals surface area contributed by atoms with Crippen LogP contribution in [0.5, 0.6) is 5.88 Å². The van der Waals surface area contributed by atoms with Crippen LogP contribution >= 0.6 is 0 Å². The van der Waals surface area contributed by atoms with Crippen LogP contribution in [0, 0.1) is 33.5 Å². The zero-order valence-corrected chi connectivity index (χ0v) is 49.4. The summed E-state index contributed by atoms with van der Waals surface area (Å²) in [5.74, 6) is 0.709. The molecule has 21 nitrogen and oxygen atoms in total. The van der Waals surface area contributed by atoms with Gasteiger partial charge in [-0.15, -0.1) is 5.10 Å². The van der Waals surface area contributed by atoms with Crippen molar-refractivity contribution >= 4 is 64.7 Å². The molecule has 0 saturated carbocycles. The van der Waals surface area contributed by atoms with Gasteiger partial charge in [-0.1, -0.05) is 72.5 Å². The van der Waals surface area contributed by atoms with Crippen molar-refractivity contribution in [2.24, 2.45) is 27.4 Å². The third-order valence-corrected chi connectivity index (χ3v) is 13.1. The van der Waals surface area contributed by atoms with Crippen LogP contribution in [0.25, 0.3) is 17.0 Å². The minimum absolute atomic E-state index is 0.0381. The Morgan fingerprint density at radius 1 is 0.690 bits per heavy atom. The molecule has 0 spiro atoms. The minimum Gasteiger partial charge on any atom is -0.462 e. The van der Waals surface area contributed by atoms with E-state index in [1.165, 1.54) is 60.1 Å². The van der Waals surface area contributed by atoms with Crippen LogP contribution in [-0.4, -0.2) is 136 Å². The molecule has 6 rings (SSSR count). The van der Waals surface area contributed by atoms with Crippen molar-refractivity contribution in [1.29, 1.82) is 0 Å². The molecule has 2 saturated heterocycles. The molecule has 4 aromatic rings. The number of carbonyl (C=O) groups is 8. The predicted molar refractivity (Wildman–Crippen MR) is 310 cm³/mol. The number of fused-ring (bicyclic) bond motifs is 1. The van der Waals surface area contributed by atoms with E-state index in [2.05, 4.69) is 22.3 Å². The zero-order valence-electron chi connectivity index (χ0n) is 53.4. The van der Waals surface area contributed by atoms with Gasteiger partial charge in [0.1, 0.15) is 31.4 Å². The molecule has 84 heavy (non-hydrogen) atoms. The second-order valence-electron chi connectivity index (χ2n) is 24.0. The molecule has 21 heteroatoms. The van der Waals surface area contributed by atoms with E-state index in [0.717, 1.165) is 11.1 Å². The van der Waals surface area contributed by atoms with Crippen molar-refractivity contribution in [1.82, 2.24) is 24.9 Å². The van der Waals surface area contributed by atoms with Gasteiger partial charge >= 0.3 is 30.0 Å². The Bertz CT molecular complexity index is 3280. The summed E-state index contributed by atoms with van der Waals surface area (Å²) in [6.45, 7) is 13.1. The van der Waals surface area contributed by atoms with Crippen molar-refractivity contribution < 1.29 is 77.0 Å². The third kappa shape index (κ3) is 17.4. The lowest BCUT2D eigenvalue weighted by Crippen LogP contribution is -2.65. The summed E-state index contributed by atoms with van der Waals surface area (Å²) < 4.78 is 76.2. The summed E-state index contributed by atoms with van der Waals surface area (Å²) in [5.41, 5.74) is 1.40. The average Bonchev–Trinajstić information content (AvgIpc) is 1.60. The second-order valence-corrected chi connectivity index (χ2v) is 24.0. The largest absolute Gasteiger partial charge is 0.462 e. The molecular formula is C63H80N6O15. The Kier molecular flexibility index (Phi) is 18.6. The Morgan fingerprint density at radius 2 is 1.26 bits per heavy atom. The van der Waals surface area contributed by atoms with Crippen LogP contribution in [0.3, 0.4) is 0 Å². The molecule has 0 bridgehead atoms. The van der Waals surface area contributed by atoms with E-state index in [9.17, 15) is 38.4 Å². The molecule has 2 aliphatic heterocycles. The number of hydrogen-bond donors (Lipinski definition) is 2. The van der Waals surface area contributed by atoms with E-state index in [0.29, 0.717) is 16.6 Å². The highest BCUT2D eigenvalue weighted by Crippen LogP contribution is 2.37. The topological polar surface area (TPSA) is 264 Å². The maximum atomic E-state index is 14.1. The van der Waals surface area contributed by atoms with Crippen molar-refractivity contribution in [3.63, 3.8) is 0 Å². The lowest BCUT2D eigenvalue weighted by Gasteiger charge is -2.45. The molecule has 1 aromatic heterocycles. The van der Waals surface area contributed by atoms with E-state index >= 15 is 0 Å². The van der Waals surface area contributed by atoms with Gasteiger partial charge in [0.15, 0.2) is 12.2 Å². The van der Waals surface area contributed by atoms with Crippen LogP contribution in [0.1, 0.15) is 131 Å². The molecule has 0 aliphatic carbocycles. The third-order valence-electron chi connectivity index (χ3n) is 13.1. The van der Waals surface area contributed by atoms with Gasteiger partial charge in [-0.05, 0) is 132 Å². The second kappa shape index (κ2) is 26.5. The van der Waals surface area contributed by atoms with E-state index in [4.69, 9.17) is 44.4 Å². The summed E-state index contributed by atoms with van der Waals surface area (Å²) in [5, 5.41) is 7.62. The highest BCUT2D eigenvalue weighted by molar-refractivity contribution is 5.93. The number of ether oxygens (including phenoxy) is 7. The van der Waals surface area contributed by atoms with E-state index in [1.807, 2.05) is 30.3 Å². The van der Waals surface area contributed by atoms with Crippen LogP contribution in [0.4, 0.5) is 4.79 Å². The van der Waals surface area contributed by atoms with Crippen LogP contribution < -0.4 is 15.8 Å². The highest BCUT2D eigenvalue weighted by Gasteiger charge is 2.56. The number of piperazine rings is 1. The van der Waals surface area contributed by atoms with Gasteiger partial charge in [-0.2, -0.15) is 0 Å². The van der Waals surface area contributed by atoms with Gasteiger partial charge in [0.2, 0.25) is 36.0 Å². The molecular weight excluding hydrogens is 1080 g/mol. The number of nitrogens with zero attached hydrogens (tertiary/aromatic N) is 4. The Labute approximate surface area is 496 Å². The molecule has 3 heterocycles. The Balaban J connectivity index is 1.26. The molecule has 0 radical (unpaired) electrons. The molecule has 2 aliphatic rings. The normalized spacial score (nSPS) is 19.3.